The Bertz CT molecular complexity index is 1040. The lowest BCUT2D eigenvalue weighted by atomic mass is 10.1. The van der Waals surface area contributed by atoms with Crippen molar-refractivity contribution >= 4 is 16.8 Å². The highest BCUT2D eigenvalue weighted by Crippen LogP contribution is 2.13. The summed E-state index contributed by atoms with van der Waals surface area (Å²) in [5.41, 5.74) is 1.19. The zero-order valence-corrected chi connectivity index (χ0v) is 15.5. The zero-order chi connectivity index (χ0) is 19.5. The second kappa shape index (κ2) is 7.82. The van der Waals surface area contributed by atoms with Gasteiger partial charge in [-0.15, -0.1) is 0 Å². The quantitative estimate of drug-likeness (QED) is 0.720. The van der Waals surface area contributed by atoms with Gasteiger partial charge in [0.2, 0.25) is 0 Å². The Balaban J connectivity index is 1.33. The molecule has 0 spiro atoms. The first kappa shape index (κ1) is 18.2. The van der Waals surface area contributed by atoms with Crippen molar-refractivity contribution in [3.05, 3.63) is 70.3 Å². The lowest BCUT2D eigenvalue weighted by molar-refractivity contribution is 0.0638. The van der Waals surface area contributed by atoms with Gasteiger partial charge in [-0.25, -0.2) is 4.98 Å². The van der Waals surface area contributed by atoms with Gasteiger partial charge in [-0.05, 0) is 36.4 Å². The maximum Gasteiger partial charge on any atom is 0.258 e. The highest BCUT2D eigenvalue weighted by atomic mass is 16.3. The van der Waals surface area contributed by atoms with Crippen molar-refractivity contribution in [1.29, 1.82) is 0 Å². The minimum absolute atomic E-state index is 0.0137. The molecule has 0 bridgehead atoms. The third-order valence-electron chi connectivity index (χ3n) is 5.10. The number of phenolic OH excluding ortho intramolecular Hbond substituents is 1. The number of rotatable bonds is 4. The summed E-state index contributed by atoms with van der Waals surface area (Å²) in [6.45, 7) is 3.65. The van der Waals surface area contributed by atoms with Crippen molar-refractivity contribution < 1.29 is 9.90 Å². The number of benzene rings is 2. The van der Waals surface area contributed by atoms with Crippen molar-refractivity contribution in [2.75, 3.05) is 32.7 Å². The second-order valence-electron chi connectivity index (χ2n) is 6.96. The van der Waals surface area contributed by atoms with Crippen molar-refractivity contribution in [3.63, 3.8) is 0 Å². The molecule has 0 saturated carbocycles. The molecule has 1 fully saturated rings. The molecule has 1 amide bonds. The molecule has 144 valence electrons. The van der Waals surface area contributed by atoms with Crippen LogP contribution in [0.3, 0.4) is 0 Å². The number of H-pyrrole nitrogens is 1. The molecule has 0 aliphatic carbocycles. The first-order valence-corrected chi connectivity index (χ1v) is 9.39. The molecule has 2 N–H and O–H groups in total. The number of carbonyl (C=O) groups is 1. The summed E-state index contributed by atoms with van der Waals surface area (Å²) >= 11 is 0. The Morgan fingerprint density at radius 1 is 1.04 bits per heavy atom. The molecule has 7 heteroatoms. The molecular weight excluding hydrogens is 356 g/mol. The van der Waals surface area contributed by atoms with E-state index in [4.69, 9.17) is 0 Å². The number of hydrogen-bond donors (Lipinski definition) is 2. The fourth-order valence-electron chi connectivity index (χ4n) is 3.48. The summed E-state index contributed by atoms with van der Waals surface area (Å²) in [6.07, 6.45) is 0.659. The molecule has 0 unspecified atom stereocenters. The van der Waals surface area contributed by atoms with Gasteiger partial charge in [0, 0.05) is 44.7 Å². The van der Waals surface area contributed by atoms with Crippen LogP contribution in [0.25, 0.3) is 10.9 Å². The Hall–Kier alpha value is -3.19. The first-order chi connectivity index (χ1) is 13.6. The van der Waals surface area contributed by atoms with Crippen LogP contribution in [0.15, 0.2) is 53.3 Å². The van der Waals surface area contributed by atoms with Gasteiger partial charge in [-0.3, -0.25) is 14.5 Å². The smallest absolute Gasteiger partial charge is 0.258 e. The number of amides is 1. The molecule has 0 radical (unpaired) electrons. The highest BCUT2D eigenvalue weighted by molar-refractivity contribution is 5.94. The average molecular weight is 378 g/mol. The number of piperazine rings is 1. The van der Waals surface area contributed by atoms with Crippen molar-refractivity contribution in [1.82, 2.24) is 19.8 Å². The SMILES string of the molecule is O=C(c1ccc(O)cc1)N1CCN(CCc2nc3ccccc3c(=O)[nH]2)CC1. The van der Waals surface area contributed by atoms with Gasteiger partial charge < -0.3 is 15.0 Å². The number of para-hydroxylation sites is 1. The monoisotopic (exact) mass is 378 g/mol. The molecule has 4 rings (SSSR count). The maximum atomic E-state index is 12.5. The molecule has 1 aromatic heterocycles. The summed E-state index contributed by atoms with van der Waals surface area (Å²) in [5.74, 6) is 0.827. The minimum atomic E-state index is -0.107. The molecule has 3 aromatic rings. The topological polar surface area (TPSA) is 89.5 Å². The predicted molar refractivity (Wildman–Crippen MR) is 107 cm³/mol. The average Bonchev–Trinajstić information content (AvgIpc) is 2.73. The molecule has 7 nitrogen and oxygen atoms in total. The molecule has 0 atom stereocenters. The Morgan fingerprint density at radius 2 is 1.75 bits per heavy atom. The molecule has 1 aliphatic rings. The van der Waals surface area contributed by atoms with Crippen LogP contribution in [0.4, 0.5) is 0 Å². The van der Waals surface area contributed by atoms with E-state index in [-0.39, 0.29) is 17.2 Å². The molecule has 1 saturated heterocycles. The van der Waals surface area contributed by atoms with Gasteiger partial charge >= 0.3 is 0 Å². The highest BCUT2D eigenvalue weighted by Gasteiger charge is 2.22. The molecular formula is C21H22N4O3. The lowest BCUT2D eigenvalue weighted by Gasteiger charge is -2.34. The van der Waals surface area contributed by atoms with E-state index in [1.54, 1.807) is 18.2 Å². The van der Waals surface area contributed by atoms with E-state index in [9.17, 15) is 14.7 Å². The third-order valence-corrected chi connectivity index (χ3v) is 5.10. The number of phenols is 1. The first-order valence-electron chi connectivity index (χ1n) is 9.39. The van der Waals surface area contributed by atoms with Crippen LogP contribution in [0.1, 0.15) is 16.2 Å². The van der Waals surface area contributed by atoms with E-state index in [0.29, 0.717) is 41.8 Å². The third kappa shape index (κ3) is 3.89. The Morgan fingerprint density at radius 3 is 2.50 bits per heavy atom. The van der Waals surface area contributed by atoms with Crippen LogP contribution < -0.4 is 5.56 Å². The van der Waals surface area contributed by atoms with Crippen LogP contribution in [-0.4, -0.2) is 63.5 Å². The summed E-state index contributed by atoms with van der Waals surface area (Å²) in [6, 6.07) is 13.7. The van der Waals surface area contributed by atoms with Crippen LogP contribution in [-0.2, 0) is 6.42 Å². The number of aromatic nitrogens is 2. The van der Waals surface area contributed by atoms with Gasteiger partial charge in [-0.1, -0.05) is 12.1 Å². The lowest BCUT2D eigenvalue weighted by Crippen LogP contribution is -2.49. The number of carbonyl (C=O) groups excluding carboxylic acids is 1. The van der Waals surface area contributed by atoms with Crippen molar-refractivity contribution in [2.45, 2.75) is 6.42 Å². The van der Waals surface area contributed by atoms with Gasteiger partial charge in [-0.2, -0.15) is 0 Å². The van der Waals surface area contributed by atoms with Crippen LogP contribution >= 0.6 is 0 Å². The van der Waals surface area contributed by atoms with Gasteiger partial charge in [0.05, 0.1) is 10.9 Å². The summed E-state index contributed by atoms with van der Waals surface area (Å²) < 4.78 is 0. The van der Waals surface area contributed by atoms with E-state index in [2.05, 4.69) is 14.9 Å². The predicted octanol–water partition coefficient (Wildman–Crippen LogP) is 1.63. The Labute approximate surface area is 162 Å². The van der Waals surface area contributed by atoms with Crippen LogP contribution in [0.2, 0.25) is 0 Å². The molecule has 1 aliphatic heterocycles. The molecule has 28 heavy (non-hydrogen) atoms. The van der Waals surface area contributed by atoms with Crippen molar-refractivity contribution in [2.24, 2.45) is 0 Å². The van der Waals surface area contributed by atoms with Crippen LogP contribution in [0, 0.1) is 0 Å². The number of hydrogen-bond acceptors (Lipinski definition) is 5. The van der Waals surface area contributed by atoms with E-state index in [1.165, 1.54) is 12.1 Å². The second-order valence-corrected chi connectivity index (χ2v) is 6.96. The van der Waals surface area contributed by atoms with E-state index < -0.39 is 0 Å². The zero-order valence-electron chi connectivity index (χ0n) is 15.5. The Kier molecular flexibility index (Phi) is 5.08. The number of nitrogens with zero attached hydrogens (tertiary/aromatic N) is 3. The van der Waals surface area contributed by atoms with Crippen LogP contribution in [0.5, 0.6) is 5.75 Å². The summed E-state index contributed by atoms with van der Waals surface area (Å²) in [7, 11) is 0. The number of fused-ring (bicyclic) bond motifs is 1. The largest absolute Gasteiger partial charge is 0.508 e. The van der Waals surface area contributed by atoms with Crippen molar-refractivity contribution in [3.8, 4) is 5.75 Å². The number of nitrogens with one attached hydrogen (secondary N) is 1. The number of aromatic hydroxyl groups is 1. The fraction of sp³-hybridized carbons (Fsp3) is 0.286. The van der Waals surface area contributed by atoms with Gasteiger partial charge in [0.15, 0.2) is 0 Å². The van der Waals surface area contributed by atoms with E-state index in [1.807, 2.05) is 23.1 Å². The summed E-state index contributed by atoms with van der Waals surface area (Å²) in [4.78, 5) is 36.2. The minimum Gasteiger partial charge on any atom is -0.508 e. The van der Waals surface area contributed by atoms with E-state index in [0.717, 1.165) is 19.6 Å². The van der Waals surface area contributed by atoms with E-state index >= 15 is 0 Å². The molecule has 2 aromatic carbocycles. The molecule has 2 heterocycles. The van der Waals surface area contributed by atoms with Gasteiger partial charge in [0.1, 0.15) is 11.6 Å². The van der Waals surface area contributed by atoms with Gasteiger partial charge in [0.25, 0.3) is 11.5 Å². The fourth-order valence-corrected chi connectivity index (χ4v) is 3.48. The standard InChI is InChI=1S/C21H22N4O3/c26-16-7-5-15(6-8-16)21(28)25-13-11-24(12-14-25)10-9-19-22-18-4-2-1-3-17(18)20(27)23-19/h1-8,26H,9-14H2,(H,22,23,27). The maximum absolute atomic E-state index is 12.5. The normalized spacial score (nSPS) is 15.1. The number of aromatic amines is 1. The summed E-state index contributed by atoms with van der Waals surface area (Å²) in [5, 5.41) is 9.96.